The molecule has 0 spiro atoms. The van der Waals surface area contributed by atoms with Gasteiger partial charge in [0.05, 0.1) is 23.9 Å². The second-order valence-corrected chi connectivity index (χ2v) is 5.03. The van der Waals surface area contributed by atoms with E-state index >= 15 is 0 Å². The van der Waals surface area contributed by atoms with Crippen LogP contribution in [-0.4, -0.2) is 6.61 Å². The van der Waals surface area contributed by atoms with E-state index in [2.05, 4.69) is 31.3 Å². The maximum Gasteiger partial charge on any atom is 0.142 e. The maximum atomic E-state index is 8.84. The van der Waals surface area contributed by atoms with Gasteiger partial charge in [-0.15, -0.1) is 0 Å². The molecule has 0 heterocycles. The van der Waals surface area contributed by atoms with Gasteiger partial charge in [-0.05, 0) is 56.2 Å². The Hall–Kier alpha value is -2.47. The second kappa shape index (κ2) is 6.81. The van der Waals surface area contributed by atoms with Crippen molar-refractivity contribution < 1.29 is 4.74 Å². The minimum atomic E-state index is 0.139. The third kappa shape index (κ3) is 3.76. The first kappa shape index (κ1) is 14.9. The first-order valence-corrected chi connectivity index (χ1v) is 7.14. The van der Waals surface area contributed by atoms with E-state index in [0.717, 1.165) is 17.0 Å². The molecule has 0 aromatic heterocycles. The van der Waals surface area contributed by atoms with Crippen LogP contribution in [0, 0.1) is 18.3 Å². The first-order chi connectivity index (χ1) is 10.1. The van der Waals surface area contributed by atoms with Crippen LogP contribution in [0.3, 0.4) is 0 Å². The molecule has 1 atom stereocenters. The fourth-order valence-electron chi connectivity index (χ4n) is 2.19. The van der Waals surface area contributed by atoms with E-state index in [1.165, 1.54) is 5.56 Å². The summed E-state index contributed by atoms with van der Waals surface area (Å²) in [6.45, 7) is 6.77. The number of nitriles is 1. The summed E-state index contributed by atoms with van der Waals surface area (Å²) in [5.74, 6) is 0.873. The Labute approximate surface area is 126 Å². The van der Waals surface area contributed by atoms with Crippen molar-refractivity contribution in [2.45, 2.75) is 26.8 Å². The molecule has 0 saturated heterocycles. The summed E-state index contributed by atoms with van der Waals surface area (Å²) in [4.78, 5) is 0. The van der Waals surface area contributed by atoms with Gasteiger partial charge in [-0.3, -0.25) is 0 Å². The average molecular weight is 280 g/mol. The van der Waals surface area contributed by atoms with Gasteiger partial charge in [-0.25, -0.2) is 0 Å². The van der Waals surface area contributed by atoms with Crippen LogP contribution in [0.15, 0.2) is 42.5 Å². The highest BCUT2D eigenvalue weighted by Crippen LogP contribution is 2.29. The van der Waals surface area contributed by atoms with Crippen LogP contribution < -0.4 is 10.1 Å². The van der Waals surface area contributed by atoms with Crippen LogP contribution >= 0.6 is 0 Å². The third-order valence-electron chi connectivity index (χ3n) is 3.35. The number of aryl methyl sites for hydroxylation is 1. The molecule has 0 radical (unpaired) electrons. The van der Waals surface area contributed by atoms with Gasteiger partial charge >= 0.3 is 0 Å². The van der Waals surface area contributed by atoms with Gasteiger partial charge < -0.3 is 10.1 Å². The maximum absolute atomic E-state index is 8.84. The minimum absolute atomic E-state index is 0.139. The molecule has 3 heteroatoms. The Morgan fingerprint density at radius 3 is 2.52 bits per heavy atom. The van der Waals surface area contributed by atoms with Crippen LogP contribution in [0.1, 0.15) is 36.6 Å². The number of rotatable bonds is 5. The van der Waals surface area contributed by atoms with E-state index in [9.17, 15) is 0 Å². The smallest absolute Gasteiger partial charge is 0.142 e. The standard InChI is InChI=1S/C18H20N2O/c1-4-21-18-11-13(2)5-10-17(18)20-14(3)16-8-6-15(12-19)7-9-16/h5-11,14,20H,4H2,1-3H3. The molecule has 1 N–H and O–H groups in total. The van der Waals surface area contributed by atoms with Crippen LogP contribution in [0.5, 0.6) is 5.75 Å². The molecule has 2 aromatic rings. The summed E-state index contributed by atoms with van der Waals surface area (Å²) in [6.07, 6.45) is 0. The van der Waals surface area contributed by atoms with Crippen molar-refractivity contribution in [3.8, 4) is 11.8 Å². The molecule has 3 nitrogen and oxygen atoms in total. The van der Waals surface area contributed by atoms with E-state index in [1.54, 1.807) is 0 Å². The summed E-state index contributed by atoms with van der Waals surface area (Å²) in [5, 5.41) is 12.3. The molecule has 0 fully saturated rings. The lowest BCUT2D eigenvalue weighted by molar-refractivity contribution is 0.341. The summed E-state index contributed by atoms with van der Waals surface area (Å²) >= 11 is 0. The SMILES string of the molecule is CCOc1cc(C)ccc1NC(C)c1ccc(C#N)cc1. The summed E-state index contributed by atoms with van der Waals surface area (Å²) in [6, 6.07) is 16.1. The van der Waals surface area contributed by atoms with Gasteiger partial charge in [0.1, 0.15) is 5.75 Å². The van der Waals surface area contributed by atoms with Crippen molar-refractivity contribution in [2.24, 2.45) is 0 Å². The number of benzene rings is 2. The van der Waals surface area contributed by atoms with Crippen LogP contribution in [0.25, 0.3) is 0 Å². The van der Waals surface area contributed by atoms with Crippen molar-refractivity contribution in [1.29, 1.82) is 5.26 Å². The lowest BCUT2D eigenvalue weighted by atomic mass is 10.1. The Balaban J connectivity index is 2.18. The number of nitrogens with one attached hydrogen (secondary N) is 1. The van der Waals surface area contributed by atoms with Crippen LogP contribution in [-0.2, 0) is 0 Å². The fraction of sp³-hybridized carbons (Fsp3) is 0.278. The Bertz CT molecular complexity index is 641. The largest absolute Gasteiger partial charge is 0.492 e. The van der Waals surface area contributed by atoms with Gasteiger partial charge in [0.25, 0.3) is 0 Å². The molecule has 0 bridgehead atoms. The molecule has 2 aromatic carbocycles. The van der Waals surface area contributed by atoms with E-state index < -0.39 is 0 Å². The quantitative estimate of drug-likeness (QED) is 0.880. The molecule has 0 aliphatic heterocycles. The van der Waals surface area contributed by atoms with E-state index in [0.29, 0.717) is 12.2 Å². The Kier molecular flexibility index (Phi) is 4.84. The molecule has 0 amide bonds. The highest BCUT2D eigenvalue weighted by molar-refractivity contribution is 5.58. The van der Waals surface area contributed by atoms with Gasteiger partial charge in [-0.1, -0.05) is 18.2 Å². The molecule has 1 unspecified atom stereocenters. The molecule has 2 rings (SSSR count). The fourth-order valence-corrected chi connectivity index (χ4v) is 2.19. The van der Waals surface area contributed by atoms with Crippen molar-refractivity contribution >= 4 is 5.69 Å². The zero-order valence-electron chi connectivity index (χ0n) is 12.7. The number of hydrogen-bond acceptors (Lipinski definition) is 3. The van der Waals surface area contributed by atoms with Crippen molar-refractivity contribution in [2.75, 3.05) is 11.9 Å². The number of nitrogens with zero attached hydrogens (tertiary/aromatic N) is 1. The number of hydrogen-bond donors (Lipinski definition) is 1. The second-order valence-electron chi connectivity index (χ2n) is 5.03. The number of ether oxygens (including phenoxy) is 1. The Morgan fingerprint density at radius 1 is 1.19 bits per heavy atom. The summed E-state index contributed by atoms with van der Waals surface area (Å²) in [5.41, 5.74) is 3.97. The van der Waals surface area contributed by atoms with Crippen molar-refractivity contribution in [3.05, 3.63) is 59.2 Å². The number of anilines is 1. The van der Waals surface area contributed by atoms with Gasteiger partial charge in [0.2, 0.25) is 0 Å². The lowest BCUT2D eigenvalue weighted by Gasteiger charge is -2.19. The van der Waals surface area contributed by atoms with Crippen LogP contribution in [0.4, 0.5) is 5.69 Å². The predicted octanol–water partition coefficient (Wildman–Crippen LogP) is 4.44. The van der Waals surface area contributed by atoms with Crippen molar-refractivity contribution in [3.63, 3.8) is 0 Å². The van der Waals surface area contributed by atoms with Gasteiger partial charge in [0, 0.05) is 6.04 Å². The lowest BCUT2D eigenvalue weighted by Crippen LogP contribution is -2.08. The molecular weight excluding hydrogens is 260 g/mol. The zero-order chi connectivity index (χ0) is 15.2. The zero-order valence-corrected chi connectivity index (χ0v) is 12.7. The molecular formula is C18H20N2O. The monoisotopic (exact) mass is 280 g/mol. The molecule has 0 saturated carbocycles. The van der Waals surface area contributed by atoms with E-state index in [-0.39, 0.29) is 6.04 Å². The minimum Gasteiger partial charge on any atom is -0.492 e. The third-order valence-corrected chi connectivity index (χ3v) is 3.35. The van der Waals surface area contributed by atoms with Crippen LogP contribution in [0.2, 0.25) is 0 Å². The molecule has 0 aliphatic carbocycles. The highest BCUT2D eigenvalue weighted by Gasteiger charge is 2.09. The topological polar surface area (TPSA) is 45.0 Å². The normalized spacial score (nSPS) is 11.5. The van der Waals surface area contributed by atoms with Crippen molar-refractivity contribution in [1.82, 2.24) is 0 Å². The molecule has 108 valence electrons. The summed E-state index contributed by atoms with van der Waals surface area (Å²) < 4.78 is 5.69. The average Bonchev–Trinajstić information content (AvgIpc) is 2.50. The Morgan fingerprint density at radius 2 is 1.90 bits per heavy atom. The van der Waals surface area contributed by atoms with E-state index in [1.807, 2.05) is 43.3 Å². The molecule has 21 heavy (non-hydrogen) atoms. The van der Waals surface area contributed by atoms with E-state index in [4.69, 9.17) is 10.00 Å². The van der Waals surface area contributed by atoms with Gasteiger partial charge in [0.15, 0.2) is 0 Å². The predicted molar refractivity (Wildman–Crippen MR) is 85.5 cm³/mol. The van der Waals surface area contributed by atoms with Gasteiger partial charge in [-0.2, -0.15) is 5.26 Å². The highest BCUT2D eigenvalue weighted by atomic mass is 16.5. The first-order valence-electron chi connectivity index (χ1n) is 7.14. The molecule has 0 aliphatic rings. The summed E-state index contributed by atoms with van der Waals surface area (Å²) in [7, 11) is 0.